The molecule has 6 nitrogen and oxygen atoms in total. The second kappa shape index (κ2) is 8.19. The number of carbonyl (C=O) groups excluding carboxylic acids is 1. The Morgan fingerprint density at radius 1 is 1.41 bits per heavy atom. The quantitative estimate of drug-likeness (QED) is 0.342. The first-order chi connectivity index (χ1) is 10.6. The van der Waals surface area contributed by atoms with Crippen molar-refractivity contribution in [3.63, 3.8) is 0 Å². The van der Waals surface area contributed by atoms with Gasteiger partial charge in [0.05, 0.1) is 6.61 Å². The Morgan fingerprint density at radius 2 is 2.18 bits per heavy atom. The minimum absolute atomic E-state index is 0.175. The lowest BCUT2D eigenvalue weighted by molar-refractivity contribution is -0.143. The fraction of sp³-hybridized carbons (Fsp3) is 0.357. The third-order valence-electron chi connectivity index (χ3n) is 2.84. The summed E-state index contributed by atoms with van der Waals surface area (Å²) >= 11 is 4.95. The topological polar surface area (TPSA) is 83.0 Å². The highest BCUT2D eigenvalue weighted by molar-refractivity contribution is 9.10. The molecule has 0 saturated carbocycles. The molecule has 2 rings (SSSR count). The average molecular weight is 385 g/mol. The van der Waals surface area contributed by atoms with E-state index >= 15 is 0 Å². The Morgan fingerprint density at radius 3 is 2.91 bits per heavy atom. The fourth-order valence-corrected chi connectivity index (χ4v) is 3.07. The molecule has 0 spiro atoms. The van der Waals surface area contributed by atoms with Gasteiger partial charge in [0.15, 0.2) is 5.82 Å². The van der Waals surface area contributed by atoms with Crippen molar-refractivity contribution in [2.45, 2.75) is 24.9 Å². The molecule has 0 aliphatic rings. The van der Waals surface area contributed by atoms with E-state index in [1.807, 2.05) is 24.3 Å². The number of nitrogens with zero attached hydrogens (tertiary/aromatic N) is 3. The highest BCUT2D eigenvalue weighted by Gasteiger charge is 2.14. The van der Waals surface area contributed by atoms with Gasteiger partial charge in [-0.25, -0.2) is 4.68 Å². The van der Waals surface area contributed by atoms with Crippen molar-refractivity contribution in [3.8, 4) is 11.4 Å². The van der Waals surface area contributed by atoms with E-state index in [1.165, 1.54) is 16.4 Å². The van der Waals surface area contributed by atoms with Crippen molar-refractivity contribution >= 4 is 33.7 Å². The van der Waals surface area contributed by atoms with Crippen LogP contribution in [0.25, 0.3) is 11.4 Å². The highest BCUT2D eigenvalue weighted by atomic mass is 79.9. The first-order valence-corrected chi connectivity index (χ1v) is 8.65. The molecule has 0 aliphatic carbocycles. The van der Waals surface area contributed by atoms with Crippen molar-refractivity contribution in [2.24, 2.45) is 0 Å². The summed E-state index contributed by atoms with van der Waals surface area (Å²) in [5.74, 6) is 7.20. The summed E-state index contributed by atoms with van der Waals surface area (Å²) in [4.78, 5) is 11.3. The third kappa shape index (κ3) is 4.23. The van der Waals surface area contributed by atoms with E-state index in [4.69, 9.17) is 10.6 Å². The van der Waals surface area contributed by atoms with E-state index in [1.54, 1.807) is 6.92 Å². The Bertz CT molecular complexity index is 648. The van der Waals surface area contributed by atoms with Crippen LogP contribution in [0.15, 0.2) is 33.9 Å². The van der Waals surface area contributed by atoms with Gasteiger partial charge in [0.1, 0.15) is 0 Å². The highest BCUT2D eigenvalue weighted by Crippen LogP contribution is 2.28. The maximum Gasteiger partial charge on any atom is 0.305 e. The van der Waals surface area contributed by atoms with Gasteiger partial charge in [0.2, 0.25) is 5.16 Å². The molecule has 0 atom stereocenters. The number of nitrogen functional groups attached to an aromatic ring is 1. The standard InChI is InChI=1S/C14H17BrN4O2S/c1-2-21-12(20)8-5-9-22-14-18-17-13(19(14)16)10-6-3-4-7-11(10)15/h3-4,6-7H,2,5,8-9,16H2,1H3. The molecule has 0 radical (unpaired) electrons. The molecule has 0 aliphatic heterocycles. The van der Waals surface area contributed by atoms with E-state index in [0.29, 0.717) is 30.4 Å². The van der Waals surface area contributed by atoms with Gasteiger partial charge in [-0.15, -0.1) is 10.2 Å². The number of carbonyl (C=O) groups is 1. The van der Waals surface area contributed by atoms with Crippen molar-refractivity contribution in [1.29, 1.82) is 0 Å². The Labute approximate surface area is 141 Å². The van der Waals surface area contributed by atoms with Crippen LogP contribution in [0.3, 0.4) is 0 Å². The van der Waals surface area contributed by atoms with Crippen LogP contribution in [0.2, 0.25) is 0 Å². The SMILES string of the molecule is CCOC(=O)CCCSc1nnc(-c2ccccc2Br)n1N. The van der Waals surface area contributed by atoms with Crippen molar-refractivity contribution < 1.29 is 9.53 Å². The zero-order chi connectivity index (χ0) is 15.9. The lowest BCUT2D eigenvalue weighted by Gasteiger charge is -2.05. The maximum atomic E-state index is 11.3. The van der Waals surface area contributed by atoms with Crippen LogP contribution >= 0.6 is 27.7 Å². The molecular weight excluding hydrogens is 368 g/mol. The van der Waals surface area contributed by atoms with Gasteiger partial charge in [-0.05, 0) is 25.5 Å². The molecule has 1 aromatic heterocycles. The molecule has 118 valence electrons. The summed E-state index contributed by atoms with van der Waals surface area (Å²) in [6.45, 7) is 2.21. The molecule has 2 N–H and O–H groups in total. The first kappa shape index (κ1) is 16.8. The van der Waals surface area contributed by atoms with E-state index in [2.05, 4.69) is 26.1 Å². The number of hydrogen-bond acceptors (Lipinski definition) is 6. The van der Waals surface area contributed by atoms with E-state index in [0.717, 1.165) is 15.8 Å². The Kier molecular flexibility index (Phi) is 6.26. The number of benzene rings is 1. The predicted molar refractivity (Wildman–Crippen MR) is 89.9 cm³/mol. The second-order valence-electron chi connectivity index (χ2n) is 4.41. The van der Waals surface area contributed by atoms with Gasteiger partial charge >= 0.3 is 5.97 Å². The normalized spacial score (nSPS) is 10.6. The van der Waals surface area contributed by atoms with Crippen LogP contribution in [0, 0.1) is 0 Å². The molecule has 8 heteroatoms. The number of hydrogen-bond donors (Lipinski definition) is 1. The number of ether oxygens (including phenoxy) is 1. The van der Waals surface area contributed by atoms with E-state index in [9.17, 15) is 4.79 Å². The van der Waals surface area contributed by atoms with Crippen LogP contribution in [-0.4, -0.2) is 33.2 Å². The average Bonchev–Trinajstić information content (AvgIpc) is 2.86. The van der Waals surface area contributed by atoms with Crippen LogP contribution < -0.4 is 5.84 Å². The van der Waals surface area contributed by atoms with Gasteiger partial charge in [-0.2, -0.15) is 0 Å². The summed E-state index contributed by atoms with van der Waals surface area (Å²) in [5, 5.41) is 8.86. The summed E-state index contributed by atoms with van der Waals surface area (Å²) in [6, 6.07) is 7.69. The number of esters is 1. The van der Waals surface area contributed by atoms with Gasteiger partial charge in [-0.3, -0.25) is 4.79 Å². The Hall–Kier alpha value is -1.54. The molecule has 0 fully saturated rings. The molecule has 0 saturated heterocycles. The summed E-state index contributed by atoms with van der Waals surface area (Å²) < 4.78 is 7.26. The van der Waals surface area contributed by atoms with E-state index < -0.39 is 0 Å². The molecular formula is C14H17BrN4O2S. The zero-order valence-electron chi connectivity index (χ0n) is 12.2. The molecule has 1 heterocycles. The number of thioether (sulfide) groups is 1. The number of aromatic nitrogens is 3. The fourth-order valence-electron chi connectivity index (χ4n) is 1.81. The van der Waals surface area contributed by atoms with E-state index in [-0.39, 0.29) is 5.97 Å². The lowest BCUT2D eigenvalue weighted by Crippen LogP contribution is -2.12. The van der Waals surface area contributed by atoms with Gasteiger partial charge in [-0.1, -0.05) is 39.8 Å². The Balaban J connectivity index is 1.94. The molecule has 2 aromatic rings. The smallest absolute Gasteiger partial charge is 0.305 e. The second-order valence-corrected chi connectivity index (χ2v) is 6.33. The third-order valence-corrected chi connectivity index (χ3v) is 4.56. The molecule has 1 aromatic carbocycles. The maximum absolute atomic E-state index is 11.3. The summed E-state index contributed by atoms with van der Waals surface area (Å²) in [5.41, 5.74) is 0.885. The van der Waals surface area contributed by atoms with Crippen molar-refractivity contribution in [2.75, 3.05) is 18.2 Å². The minimum atomic E-state index is -0.175. The molecule has 22 heavy (non-hydrogen) atoms. The number of halogens is 1. The molecule has 0 bridgehead atoms. The van der Waals surface area contributed by atoms with Crippen LogP contribution in [0.4, 0.5) is 0 Å². The first-order valence-electron chi connectivity index (χ1n) is 6.87. The van der Waals surface area contributed by atoms with Gasteiger partial charge in [0, 0.05) is 22.2 Å². The lowest BCUT2D eigenvalue weighted by atomic mass is 10.2. The summed E-state index contributed by atoms with van der Waals surface area (Å²) in [7, 11) is 0. The van der Waals surface area contributed by atoms with Crippen molar-refractivity contribution in [3.05, 3.63) is 28.7 Å². The predicted octanol–water partition coefficient (Wildman–Crippen LogP) is 2.86. The summed E-state index contributed by atoms with van der Waals surface area (Å²) in [6.07, 6.45) is 1.11. The number of rotatable bonds is 7. The zero-order valence-corrected chi connectivity index (χ0v) is 14.6. The van der Waals surface area contributed by atoms with Crippen molar-refractivity contribution in [1.82, 2.24) is 14.9 Å². The van der Waals surface area contributed by atoms with Crippen LogP contribution in [0.5, 0.6) is 0 Å². The monoisotopic (exact) mass is 384 g/mol. The van der Waals surface area contributed by atoms with Gasteiger partial charge < -0.3 is 10.6 Å². The molecule has 0 amide bonds. The van der Waals surface area contributed by atoms with Crippen LogP contribution in [-0.2, 0) is 9.53 Å². The van der Waals surface area contributed by atoms with Crippen LogP contribution in [0.1, 0.15) is 19.8 Å². The number of nitrogens with two attached hydrogens (primary N) is 1. The largest absolute Gasteiger partial charge is 0.466 e. The minimum Gasteiger partial charge on any atom is -0.466 e. The van der Waals surface area contributed by atoms with Gasteiger partial charge in [0.25, 0.3) is 0 Å². The molecule has 0 unspecified atom stereocenters.